The molecule has 0 saturated carbocycles. The van der Waals surface area contributed by atoms with E-state index in [1.165, 1.54) is 6.07 Å². The Morgan fingerprint density at radius 1 is 0.886 bits per heavy atom. The van der Waals surface area contributed by atoms with Crippen LogP contribution in [0.2, 0.25) is 0 Å². The van der Waals surface area contributed by atoms with Crippen molar-refractivity contribution in [1.29, 1.82) is 0 Å². The monoisotopic (exact) mass is 472 g/mol. The number of carbonyl (C=O) groups excluding carboxylic acids is 2. The third-order valence-corrected chi connectivity index (χ3v) is 6.24. The van der Waals surface area contributed by atoms with Gasteiger partial charge in [-0.25, -0.2) is 0 Å². The van der Waals surface area contributed by atoms with Gasteiger partial charge < -0.3 is 15.5 Å². The maximum atomic E-state index is 12.8. The highest BCUT2D eigenvalue weighted by Crippen LogP contribution is 2.32. The molecule has 2 amide bonds. The maximum Gasteiger partial charge on any atom is 0.293 e. The molecule has 1 aliphatic heterocycles. The Labute approximate surface area is 204 Å². The van der Waals surface area contributed by atoms with Gasteiger partial charge in [0.25, 0.3) is 17.5 Å². The summed E-state index contributed by atoms with van der Waals surface area (Å²) in [5.74, 6) is -0.0536. The van der Waals surface area contributed by atoms with Crippen LogP contribution in [0.4, 0.5) is 22.7 Å². The van der Waals surface area contributed by atoms with Crippen molar-refractivity contribution in [2.24, 2.45) is 5.92 Å². The van der Waals surface area contributed by atoms with Crippen LogP contribution in [0.15, 0.2) is 66.7 Å². The number of carbonyl (C=O) groups is 2. The fourth-order valence-electron chi connectivity index (χ4n) is 4.16. The molecular weight excluding hydrogens is 444 g/mol. The Kier molecular flexibility index (Phi) is 7.10. The lowest BCUT2D eigenvalue weighted by atomic mass is 9.98. The van der Waals surface area contributed by atoms with E-state index in [4.69, 9.17) is 0 Å². The molecule has 3 aromatic carbocycles. The fraction of sp³-hybridized carbons (Fsp3) is 0.259. The summed E-state index contributed by atoms with van der Waals surface area (Å²) in [6, 6.07) is 18.6. The number of hydrogen-bond donors (Lipinski definition) is 2. The van der Waals surface area contributed by atoms with Gasteiger partial charge in [-0.1, -0.05) is 24.6 Å². The van der Waals surface area contributed by atoms with Crippen LogP contribution in [0.25, 0.3) is 0 Å². The standard InChI is InChI=1S/C27H28N4O4/c1-18-12-14-30(15-13-18)24-11-6-21(17-25(24)31(34)35)27(33)29-23-9-7-22(8-10-23)28-26(32)20-5-3-4-19(2)16-20/h3-11,16-18H,12-15H2,1-2H3,(H,28,32)(H,29,33). The predicted molar refractivity (Wildman–Crippen MR) is 137 cm³/mol. The topological polar surface area (TPSA) is 105 Å². The van der Waals surface area contributed by atoms with Gasteiger partial charge in [0, 0.05) is 41.7 Å². The summed E-state index contributed by atoms with van der Waals surface area (Å²) in [4.78, 5) is 38.5. The summed E-state index contributed by atoms with van der Waals surface area (Å²) in [5, 5.41) is 17.3. The number of aryl methyl sites for hydroxylation is 1. The van der Waals surface area contributed by atoms with E-state index in [0.29, 0.717) is 28.5 Å². The predicted octanol–water partition coefficient (Wildman–Crippen LogP) is 5.64. The van der Waals surface area contributed by atoms with Gasteiger partial charge in [0.1, 0.15) is 5.69 Å². The van der Waals surface area contributed by atoms with E-state index in [-0.39, 0.29) is 17.2 Å². The molecule has 0 aromatic heterocycles. The number of hydrogen-bond acceptors (Lipinski definition) is 5. The molecule has 8 heteroatoms. The molecule has 1 saturated heterocycles. The van der Waals surface area contributed by atoms with Gasteiger partial charge in [-0.15, -0.1) is 0 Å². The minimum atomic E-state index is -0.441. The first-order valence-corrected chi connectivity index (χ1v) is 11.6. The van der Waals surface area contributed by atoms with Crippen LogP contribution in [-0.2, 0) is 0 Å². The number of piperidine rings is 1. The highest BCUT2D eigenvalue weighted by atomic mass is 16.6. The zero-order valence-corrected chi connectivity index (χ0v) is 19.8. The second-order valence-electron chi connectivity index (χ2n) is 8.99. The first-order chi connectivity index (χ1) is 16.8. The molecule has 0 atom stereocenters. The van der Waals surface area contributed by atoms with Gasteiger partial charge >= 0.3 is 0 Å². The second kappa shape index (κ2) is 10.4. The van der Waals surface area contributed by atoms with Crippen molar-refractivity contribution in [3.8, 4) is 0 Å². The molecule has 8 nitrogen and oxygen atoms in total. The third kappa shape index (κ3) is 5.84. The number of nitro benzene ring substituents is 1. The first-order valence-electron chi connectivity index (χ1n) is 11.6. The van der Waals surface area contributed by atoms with Gasteiger partial charge in [-0.2, -0.15) is 0 Å². The fourth-order valence-corrected chi connectivity index (χ4v) is 4.16. The Bertz CT molecular complexity index is 1250. The van der Waals surface area contributed by atoms with Gasteiger partial charge in [0.2, 0.25) is 0 Å². The van der Waals surface area contributed by atoms with Gasteiger partial charge in [-0.05, 0) is 74.2 Å². The molecule has 1 fully saturated rings. The van der Waals surface area contributed by atoms with E-state index >= 15 is 0 Å². The molecule has 0 radical (unpaired) electrons. The number of nitrogens with one attached hydrogen (secondary N) is 2. The molecule has 3 aromatic rings. The van der Waals surface area contributed by atoms with Gasteiger partial charge in [-0.3, -0.25) is 19.7 Å². The molecule has 35 heavy (non-hydrogen) atoms. The van der Waals surface area contributed by atoms with Crippen LogP contribution in [0.3, 0.4) is 0 Å². The summed E-state index contributed by atoms with van der Waals surface area (Å²) in [6.07, 6.45) is 1.97. The lowest BCUT2D eigenvalue weighted by Crippen LogP contribution is -2.33. The molecule has 0 aliphatic carbocycles. The van der Waals surface area contributed by atoms with Crippen LogP contribution < -0.4 is 15.5 Å². The largest absolute Gasteiger partial charge is 0.366 e. The normalized spacial score (nSPS) is 13.8. The van der Waals surface area contributed by atoms with Crippen molar-refractivity contribution in [1.82, 2.24) is 0 Å². The van der Waals surface area contributed by atoms with E-state index in [1.807, 2.05) is 24.0 Å². The second-order valence-corrected chi connectivity index (χ2v) is 8.99. The maximum absolute atomic E-state index is 12.8. The Morgan fingerprint density at radius 3 is 2.00 bits per heavy atom. The van der Waals surface area contributed by atoms with Crippen LogP contribution in [0.1, 0.15) is 46.0 Å². The number of benzene rings is 3. The van der Waals surface area contributed by atoms with Crippen molar-refractivity contribution >= 4 is 34.6 Å². The molecule has 4 rings (SSSR count). The Hall–Kier alpha value is -4.20. The van der Waals surface area contributed by atoms with Crippen molar-refractivity contribution in [2.75, 3.05) is 28.6 Å². The molecule has 0 spiro atoms. The number of rotatable bonds is 6. The van der Waals surface area contributed by atoms with Crippen LogP contribution in [0.5, 0.6) is 0 Å². The van der Waals surface area contributed by atoms with E-state index in [2.05, 4.69) is 17.6 Å². The molecule has 1 aliphatic rings. The van der Waals surface area contributed by atoms with Gasteiger partial charge in [0.15, 0.2) is 0 Å². The van der Waals surface area contributed by atoms with Crippen LogP contribution >= 0.6 is 0 Å². The first kappa shape index (κ1) is 23.9. The summed E-state index contributed by atoms with van der Waals surface area (Å²) in [7, 11) is 0. The summed E-state index contributed by atoms with van der Waals surface area (Å²) < 4.78 is 0. The summed E-state index contributed by atoms with van der Waals surface area (Å²) in [5.41, 5.74) is 3.35. The van der Waals surface area contributed by atoms with E-state index in [9.17, 15) is 19.7 Å². The summed E-state index contributed by atoms with van der Waals surface area (Å²) in [6.45, 7) is 5.63. The van der Waals surface area contributed by atoms with Crippen molar-refractivity contribution in [2.45, 2.75) is 26.7 Å². The number of anilines is 3. The highest BCUT2D eigenvalue weighted by molar-refractivity contribution is 6.06. The van der Waals surface area contributed by atoms with Gasteiger partial charge in [0.05, 0.1) is 4.92 Å². The van der Waals surface area contributed by atoms with Crippen LogP contribution in [0, 0.1) is 23.0 Å². The molecule has 1 heterocycles. The van der Waals surface area contributed by atoms with Crippen molar-refractivity contribution < 1.29 is 14.5 Å². The molecule has 0 unspecified atom stereocenters. The molecule has 2 N–H and O–H groups in total. The average Bonchev–Trinajstić information content (AvgIpc) is 2.85. The molecule has 180 valence electrons. The lowest BCUT2D eigenvalue weighted by molar-refractivity contribution is -0.384. The average molecular weight is 473 g/mol. The van der Waals surface area contributed by atoms with E-state index < -0.39 is 10.8 Å². The van der Waals surface area contributed by atoms with Crippen molar-refractivity contribution in [3.05, 3.63) is 93.5 Å². The zero-order chi connectivity index (χ0) is 24.9. The smallest absolute Gasteiger partial charge is 0.293 e. The number of nitrogens with zero attached hydrogens (tertiary/aromatic N) is 2. The minimum absolute atomic E-state index is 0.0681. The van der Waals surface area contributed by atoms with E-state index in [1.54, 1.807) is 48.5 Å². The number of amides is 2. The zero-order valence-electron chi connectivity index (χ0n) is 19.8. The SMILES string of the molecule is Cc1cccc(C(=O)Nc2ccc(NC(=O)c3ccc(N4CCC(C)CC4)c([N+](=O)[O-])c3)cc2)c1. The Morgan fingerprint density at radius 2 is 1.46 bits per heavy atom. The molecular formula is C27H28N4O4. The Balaban J connectivity index is 1.43. The summed E-state index contributed by atoms with van der Waals surface area (Å²) >= 11 is 0. The van der Waals surface area contributed by atoms with Crippen molar-refractivity contribution in [3.63, 3.8) is 0 Å². The quantitative estimate of drug-likeness (QED) is 0.357. The molecule has 0 bridgehead atoms. The minimum Gasteiger partial charge on any atom is -0.366 e. The number of nitro groups is 1. The van der Waals surface area contributed by atoms with E-state index in [0.717, 1.165) is 31.5 Å². The van der Waals surface area contributed by atoms with Crippen LogP contribution in [-0.4, -0.2) is 29.8 Å². The lowest BCUT2D eigenvalue weighted by Gasteiger charge is -2.31. The third-order valence-electron chi connectivity index (χ3n) is 6.24. The highest BCUT2D eigenvalue weighted by Gasteiger charge is 2.24.